The Kier molecular flexibility index (Phi) is 7.35. The second-order valence-electron chi connectivity index (χ2n) is 3.40. The molecule has 0 spiro atoms. The van der Waals surface area contributed by atoms with Gasteiger partial charge in [-0.05, 0) is 12.8 Å². The van der Waals surface area contributed by atoms with Crippen LogP contribution in [0.25, 0.3) is 0 Å². The van der Waals surface area contributed by atoms with E-state index in [0.29, 0.717) is 0 Å². The Morgan fingerprint density at radius 1 is 1.27 bits per heavy atom. The lowest BCUT2D eigenvalue weighted by Crippen LogP contribution is -2.37. The fraction of sp³-hybridized carbons (Fsp3) is 0.778. The molecule has 1 rings (SSSR count). The summed E-state index contributed by atoms with van der Waals surface area (Å²) in [4.78, 5) is 20.2. The fourth-order valence-electron chi connectivity index (χ4n) is 1.42. The van der Waals surface area contributed by atoms with Gasteiger partial charge in [-0.2, -0.15) is 0 Å². The molecule has 0 aromatic rings. The standard InChI is InChI=1S/C7H12O2.C2H7N3O/c8-7(9)6-4-2-1-3-5-6;1-4-2(6)5-3/h6H,1-5H2,(H,8,9);3H2,1H3,(H2,4,5,6). The summed E-state index contributed by atoms with van der Waals surface area (Å²) in [6.07, 6.45) is 5.24. The normalized spacial score (nSPS) is 15.9. The van der Waals surface area contributed by atoms with Crippen molar-refractivity contribution in [1.82, 2.24) is 10.7 Å². The first-order chi connectivity index (χ1) is 7.11. The average Bonchev–Trinajstić information content (AvgIpc) is 2.30. The van der Waals surface area contributed by atoms with Gasteiger partial charge in [0.05, 0.1) is 5.92 Å². The minimum Gasteiger partial charge on any atom is -0.481 e. The molecule has 88 valence electrons. The Balaban J connectivity index is 0.000000288. The van der Waals surface area contributed by atoms with Crippen LogP contribution in [0.1, 0.15) is 32.1 Å². The van der Waals surface area contributed by atoms with Crippen molar-refractivity contribution in [3.05, 3.63) is 0 Å². The first kappa shape index (κ1) is 13.7. The summed E-state index contributed by atoms with van der Waals surface area (Å²) in [6.45, 7) is 0. The number of nitrogens with one attached hydrogen (secondary N) is 2. The van der Waals surface area contributed by atoms with Crippen LogP contribution in [0.4, 0.5) is 4.79 Å². The molecule has 5 N–H and O–H groups in total. The van der Waals surface area contributed by atoms with E-state index >= 15 is 0 Å². The van der Waals surface area contributed by atoms with Crippen LogP contribution < -0.4 is 16.6 Å². The van der Waals surface area contributed by atoms with E-state index in [1.54, 1.807) is 0 Å². The number of carboxylic acid groups (broad SMARTS) is 1. The maximum atomic E-state index is 10.4. The van der Waals surface area contributed by atoms with Crippen LogP contribution >= 0.6 is 0 Å². The number of hydrazine groups is 1. The molecule has 1 fully saturated rings. The van der Waals surface area contributed by atoms with Crippen molar-refractivity contribution in [2.75, 3.05) is 7.05 Å². The van der Waals surface area contributed by atoms with Crippen molar-refractivity contribution in [2.24, 2.45) is 11.8 Å². The lowest BCUT2D eigenvalue weighted by Gasteiger charge is -2.16. The van der Waals surface area contributed by atoms with Gasteiger partial charge in [-0.25, -0.2) is 10.6 Å². The monoisotopic (exact) mass is 217 g/mol. The summed E-state index contributed by atoms with van der Waals surface area (Å²) < 4.78 is 0. The van der Waals surface area contributed by atoms with E-state index in [9.17, 15) is 9.59 Å². The number of rotatable bonds is 1. The zero-order valence-corrected chi connectivity index (χ0v) is 8.95. The lowest BCUT2D eigenvalue weighted by molar-refractivity contribution is -0.142. The van der Waals surface area contributed by atoms with E-state index in [1.807, 2.05) is 5.43 Å². The van der Waals surface area contributed by atoms with Gasteiger partial charge >= 0.3 is 12.0 Å². The number of urea groups is 1. The predicted molar refractivity (Wildman–Crippen MR) is 56.0 cm³/mol. The molecule has 0 aliphatic heterocycles. The molecule has 1 aliphatic carbocycles. The molecule has 0 unspecified atom stereocenters. The number of amides is 2. The SMILES string of the molecule is CNC(=O)NN.O=C(O)C1CCCCC1. The first-order valence-corrected chi connectivity index (χ1v) is 5.03. The third-order valence-electron chi connectivity index (χ3n) is 2.31. The summed E-state index contributed by atoms with van der Waals surface area (Å²) in [5, 5.41) is 10.8. The van der Waals surface area contributed by atoms with Crippen LogP contribution in [0.5, 0.6) is 0 Å². The molecule has 0 heterocycles. The summed E-state index contributed by atoms with van der Waals surface area (Å²) in [6, 6.07) is -0.380. The average molecular weight is 217 g/mol. The minimum atomic E-state index is -0.602. The highest BCUT2D eigenvalue weighted by Crippen LogP contribution is 2.23. The molecule has 0 bridgehead atoms. The molecule has 0 saturated heterocycles. The van der Waals surface area contributed by atoms with Crippen molar-refractivity contribution in [1.29, 1.82) is 0 Å². The maximum absolute atomic E-state index is 10.4. The largest absolute Gasteiger partial charge is 0.481 e. The van der Waals surface area contributed by atoms with E-state index in [1.165, 1.54) is 13.5 Å². The Hall–Kier alpha value is -1.30. The number of nitrogens with two attached hydrogens (primary N) is 1. The summed E-state index contributed by atoms with van der Waals surface area (Å²) in [5.41, 5.74) is 1.86. The maximum Gasteiger partial charge on any atom is 0.328 e. The predicted octanol–water partition coefficient (Wildman–Crippen LogP) is 0.440. The molecule has 0 aromatic carbocycles. The highest BCUT2D eigenvalue weighted by molar-refractivity contribution is 5.72. The van der Waals surface area contributed by atoms with Crippen LogP contribution in [-0.2, 0) is 4.79 Å². The number of aliphatic carboxylic acids is 1. The molecule has 6 nitrogen and oxygen atoms in total. The van der Waals surface area contributed by atoms with Gasteiger partial charge in [-0.1, -0.05) is 19.3 Å². The van der Waals surface area contributed by atoms with E-state index < -0.39 is 5.97 Å². The molecule has 1 aliphatic rings. The molecule has 6 heteroatoms. The lowest BCUT2D eigenvalue weighted by atomic mass is 9.90. The fourth-order valence-corrected chi connectivity index (χ4v) is 1.42. The number of hydrogen-bond acceptors (Lipinski definition) is 3. The van der Waals surface area contributed by atoms with Gasteiger partial charge in [0.25, 0.3) is 0 Å². The molecule has 2 amide bonds. The first-order valence-electron chi connectivity index (χ1n) is 5.03. The van der Waals surface area contributed by atoms with Crippen molar-refractivity contribution >= 4 is 12.0 Å². The Bertz CT molecular complexity index is 197. The molecule has 0 aromatic heterocycles. The van der Waals surface area contributed by atoms with Gasteiger partial charge in [-0.15, -0.1) is 0 Å². The van der Waals surface area contributed by atoms with Crippen LogP contribution in [0.2, 0.25) is 0 Å². The highest BCUT2D eigenvalue weighted by atomic mass is 16.4. The number of carbonyl (C=O) groups excluding carboxylic acids is 1. The minimum absolute atomic E-state index is 0.0289. The van der Waals surface area contributed by atoms with Gasteiger partial charge in [0, 0.05) is 7.05 Å². The third-order valence-corrected chi connectivity index (χ3v) is 2.31. The second kappa shape index (κ2) is 8.05. The zero-order valence-electron chi connectivity index (χ0n) is 8.95. The summed E-state index contributed by atoms with van der Waals surface area (Å²) in [5.74, 6) is 3.99. The summed E-state index contributed by atoms with van der Waals surface area (Å²) in [7, 11) is 1.49. The Labute approximate surface area is 89.2 Å². The van der Waals surface area contributed by atoms with Gasteiger partial charge in [0.1, 0.15) is 0 Å². The van der Waals surface area contributed by atoms with Crippen LogP contribution in [0, 0.1) is 5.92 Å². The van der Waals surface area contributed by atoms with Crippen LogP contribution in [0.15, 0.2) is 0 Å². The highest BCUT2D eigenvalue weighted by Gasteiger charge is 2.19. The van der Waals surface area contributed by atoms with Gasteiger partial charge in [0.2, 0.25) is 0 Å². The third kappa shape index (κ3) is 6.73. The smallest absolute Gasteiger partial charge is 0.328 e. The zero-order chi connectivity index (χ0) is 11.7. The van der Waals surface area contributed by atoms with Crippen molar-refractivity contribution in [3.8, 4) is 0 Å². The Morgan fingerprint density at radius 3 is 2.00 bits per heavy atom. The number of hydrogen-bond donors (Lipinski definition) is 4. The van der Waals surface area contributed by atoms with E-state index in [4.69, 9.17) is 5.11 Å². The molecular weight excluding hydrogens is 198 g/mol. The van der Waals surface area contributed by atoms with Gasteiger partial charge in [-0.3, -0.25) is 10.2 Å². The molecule has 15 heavy (non-hydrogen) atoms. The molecule has 0 atom stereocenters. The summed E-state index contributed by atoms with van der Waals surface area (Å²) >= 11 is 0. The second-order valence-corrected chi connectivity index (χ2v) is 3.40. The topological polar surface area (TPSA) is 104 Å². The van der Waals surface area contributed by atoms with Crippen molar-refractivity contribution in [2.45, 2.75) is 32.1 Å². The molecule has 0 radical (unpaired) electrons. The Morgan fingerprint density at radius 2 is 1.80 bits per heavy atom. The van der Waals surface area contributed by atoms with E-state index in [-0.39, 0.29) is 11.9 Å². The quantitative estimate of drug-likeness (QED) is 0.290. The van der Waals surface area contributed by atoms with E-state index in [2.05, 4.69) is 11.2 Å². The van der Waals surface area contributed by atoms with E-state index in [0.717, 1.165) is 25.7 Å². The van der Waals surface area contributed by atoms with Crippen molar-refractivity contribution < 1.29 is 14.7 Å². The van der Waals surface area contributed by atoms with Crippen molar-refractivity contribution in [3.63, 3.8) is 0 Å². The van der Waals surface area contributed by atoms with Gasteiger partial charge in [0.15, 0.2) is 0 Å². The molecular formula is C9H19N3O3. The number of carboxylic acids is 1. The van der Waals surface area contributed by atoms with Crippen LogP contribution in [0.3, 0.4) is 0 Å². The van der Waals surface area contributed by atoms with Crippen LogP contribution in [-0.4, -0.2) is 24.2 Å². The molecule has 1 saturated carbocycles. The van der Waals surface area contributed by atoms with Gasteiger partial charge < -0.3 is 10.4 Å². The number of carbonyl (C=O) groups is 2.